The summed E-state index contributed by atoms with van der Waals surface area (Å²) >= 11 is 0. The largest absolute Gasteiger partial charge is 0.458 e. The normalized spacial score (nSPS) is 11.9. The first-order valence-corrected chi connectivity index (χ1v) is 10.7. The minimum atomic E-state index is -0.632. The van der Waals surface area contributed by atoms with Gasteiger partial charge in [-0.15, -0.1) is 6.42 Å². The molecule has 5 aromatic rings. The number of nitrogens with one attached hydrogen (secondary N) is 1. The summed E-state index contributed by atoms with van der Waals surface area (Å²) in [5.74, 6) is 2.54. The lowest BCUT2D eigenvalue weighted by molar-refractivity contribution is 0.0936. The first-order chi connectivity index (χ1) is 16.5. The summed E-state index contributed by atoms with van der Waals surface area (Å²) in [6, 6.07) is 15.5. The highest BCUT2D eigenvalue weighted by Gasteiger charge is 2.25. The van der Waals surface area contributed by atoms with Gasteiger partial charge in [-0.1, -0.05) is 42.3 Å². The molecule has 1 atom stereocenters. The van der Waals surface area contributed by atoms with E-state index in [1.807, 2.05) is 30.3 Å². The van der Waals surface area contributed by atoms with Crippen LogP contribution in [0.1, 0.15) is 40.3 Å². The molecular weight excluding hydrogens is 428 g/mol. The van der Waals surface area contributed by atoms with Crippen LogP contribution in [0.5, 0.6) is 0 Å². The van der Waals surface area contributed by atoms with Gasteiger partial charge < -0.3 is 9.73 Å². The minimum Gasteiger partial charge on any atom is -0.458 e. The van der Waals surface area contributed by atoms with Crippen molar-refractivity contribution in [1.29, 1.82) is 0 Å². The molecule has 2 aromatic carbocycles. The van der Waals surface area contributed by atoms with Gasteiger partial charge in [-0.05, 0) is 37.6 Å². The Kier molecular flexibility index (Phi) is 5.19. The maximum Gasteiger partial charge on any atom is 0.257 e. The average Bonchev–Trinajstić information content (AvgIpc) is 3.19. The Labute approximate surface area is 195 Å². The zero-order chi connectivity index (χ0) is 23.8. The van der Waals surface area contributed by atoms with E-state index in [9.17, 15) is 9.59 Å². The highest BCUT2D eigenvalue weighted by Crippen LogP contribution is 2.30. The van der Waals surface area contributed by atoms with Gasteiger partial charge in [0.1, 0.15) is 16.9 Å². The molecule has 0 fully saturated rings. The second-order valence-electron chi connectivity index (χ2n) is 7.90. The van der Waals surface area contributed by atoms with E-state index in [-0.39, 0.29) is 11.3 Å². The summed E-state index contributed by atoms with van der Waals surface area (Å²) in [6.45, 7) is 3.52. The third-order valence-electron chi connectivity index (χ3n) is 5.70. The van der Waals surface area contributed by atoms with Gasteiger partial charge >= 0.3 is 0 Å². The molecule has 1 N–H and O–H groups in total. The van der Waals surface area contributed by atoms with Crippen molar-refractivity contribution in [3.05, 3.63) is 99.8 Å². The summed E-state index contributed by atoms with van der Waals surface area (Å²) in [5.41, 5.74) is 2.98. The third-order valence-corrected chi connectivity index (χ3v) is 5.70. The predicted molar refractivity (Wildman–Crippen MR) is 129 cm³/mol. The van der Waals surface area contributed by atoms with Gasteiger partial charge in [0.05, 0.1) is 22.7 Å². The number of fused-ring (bicyclic) bond motifs is 2. The van der Waals surface area contributed by atoms with Crippen LogP contribution in [0.3, 0.4) is 0 Å². The summed E-state index contributed by atoms with van der Waals surface area (Å²) < 4.78 is 7.78. The van der Waals surface area contributed by atoms with Crippen molar-refractivity contribution < 1.29 is 9.21 Å². The molecule has 0 saturated heterocycles. The Morgan fingerprint density at radius 2 is 1.94 bits per heavy atom. The Morgan fingerprint density at radius 1 is 1.15 bits per heavy atom. The molecule has 166 valence electrons. The lowest BCUT2D eigenvalue weighted by Crippen LogP contribution is -2.28. The first kappa shape index (κ1) is 21.2. The molecule has 1 amide bonds. The maximum absolute atomic E-state index is 13.7. The number of terminal acetylenes is 1. The van der Waals surface area contributed by atoms with Gasteiger partial charge in [0.2, 0.25) is 5.43 Å². The summed E-state index contributed by atoms with van der Waals surface area (Å²) in [7, 11) is 0. The van der Waals surface area contributed by atoms with Gasteiger partial charge in [0, 0.05) is 18.0 Å². The summed E-state index contributed by atoms with van der Waals surface area (Å²) in [5, 5.41) is 7.65. The van der Waals surface area contributed by atoms with Crippen molar-refractivity contribution in [2.75, 3.05) is 0 Å². The zero-order valence-corrected chi connectivity index (χ0v) is 18.6. The second-order valence-corrected chi connectivity index (χ2v) is 7.90. The molecule has 0 aliphatic carbocycles. The van der Waals surface area contributed by atoms with Crippen LogP contribution in [0.25, 0.3) is 27.7 Å². The molecule has 0 radical (unpaired) electrons. The van der Waals surface area contributed by atoms with Crippen LogP contribution >= 0.6 is 0 Å². The number of benzene rings is 2. The molecule has 0 saturated carbocycles. The van der Waals surface area contributed by atoms with E-state index < -0.39 is 6.04 Å². The molecule has 3 aromatic heterocycles. The highest BCUT2D eigenvalue weighted by atomic mass is 16.3. The SMILES string of the molecule is C#Cc1cccc2oc([C@H](C)NC(=O)c3c(C)nn4cccnc34)c(-c3ccccc3)c(=O)c12. The molecular formula is C27H20N4O3. The van der Waals surface area contributed by atoms with Crippen LogP contribution in [0.2, 0.25) is 0 Å². The number of carbonyl (C=O) groups is 1. The lowest BCUT2D eigenvalue weighted by atomic mass is 9.97. The standard InChI is InChI=1S/C27H20N4O3/c1-4-18-12-8-13-20-22(18)24(32)23(19-10-6-5-7-11-19)25(34-20)17(3)29-27(33)21-16(2)30-31-15-9-14-28-26(21)31/h1,5-15,17H,2-3H3,(H,29,33)/t17-/m0/s1. The van der Waals surface area contributed by atoms with Crippen molar-refractivity contribution in [3.8, 4) is 23.5 Å². The van der Waals surface area contributed by atoms with Crippen molar-refractivity contribution in [2.24, 2.45) is 0 Å². The fraction of sp³-hybridized carbons (Fsp3) is 0.111. The van der Waals surface area contributed by atoms with Crippen LogP contribution in [-0.2, 0) is 0 Å². The molecule has 7 nitrogen and oxygen atoms in total. The van der Waals surface area contributed by atoms with Crippen molar-refractivity contribution >= 4 is 22.5 Å². The molecule has 0 aliphatic rings. The number of hydrogen-bond donors (Lipinski definition) is 1. The quantitative estimate of drug-likeness (QED) is 0.415. The minimum absolute atomic E-state index is 0.245. The fourth-order valence-electron chi connectivity index (χ4n) is 4.16. The van der Waals surface area contributed by atoms with E-state index in [0.29, 0.717) is 50.3 Å². The third kappa shape index (κ3) is 3.42. The van der Waals surface area contributed by atoms with Crippen molar-refractivity contribution in [2.45, 2.75) is 19.9 Å². The molecule has 5 rings (SSSR count). The van der Waals surface area contributed by atoms with Gasteiger partial charge in [-0.3, -0.25) is 9.59 Å². The molecule has 0 bridgehead atoms. The van der Waals surface area contributed by atoms with E-state index >= 15 is 0 Å². The fourth-order valence-corrected chi connectivity index (χ4v) is 4.16. The Hall–Kier alpha value is -4.70. The smallest absolute Gasteiger partial charge is 0.257 e. The summed E-state index contributed by atoms with van der Waals surface area (Å²) in [4.78, 5) is 31.2. The first-order valence-electron chi connectivity index (χ1n) is 10.7. The van der Waals surface area contributed by atoms with E-state index in [4.69, 9.17) is 10.8 Å². The monoisotopic (exact) mass is 448 g/mol. The number of aromatic nitrogens is 3. The molecule has 0 spiro atoms. The number of aryl methyl sites for hydroxylation is 1. The predicted octanol–water partition coefficient (Wildman–Crippen LogP) is 4.28. The van der Waals surface area contributed by atoms with Crippen LogP contribution in [-0.4, -0.2) is 20.5 Å². The van der Waals surface area contributed by atoms with Gasteiger partial charge in [-0.2, -0.15) is 5.10 Å². The summed E-state index contributed by atoms with van der Waals surface area (Å²) in [6.07, 6.45) is 8.99. The van der Waals surface area contributed by atoms with Crippen LogP contribution < -0.4 is 10.7 Å². The average molecular weight is 448 g/mol. The van der Waals surface area contributed by atoms with Crippen LogP contribution in [0.4, 0.5) is 0 Å². The molecule has 0 aliphatic heterocycles. The molecule has 0 unspecified atom stereocenters. The topological polar surface area (TPSA) is 89.5 Å². The van der Waals surface area contributed by atoms with Crippen molar-refractivity contribution in [3.63, 3.8) is 0 Å². The second kappa shape index (κ2) is 8.34. The van der Waals surface area contributed by atoms with E-state index in [1.54, 1.807) is 55.0 Å². The van der Waals surface area contributed by atoms with Crippen LogP contribution in [0.15, 0.2) is 76.2 Å². The highest BCUT2D eigenvalue weighted by molar-refractivity contribution is 6.01. The molecule has 7 heteroatoms. The Balaban J connectivity index is 1.65. The number of nitrogens with zero attached hydrogens (tertiary/aromatic N) is 3. The molecule has 3 heterocycles. The van der Waals surface area contributed by atoms with E-state index in [1.165, 1.54) is 0 Å². The van der Waals surface area contributed by atoms with Gasteiger partial charge in [-0.25, -0.2) is 9.50 Å². The van der Waals surface area contributed by atoms with E-state index in [0.717, 1.165) is 0 Å². The number of rotatable bonds is 4. The van der Waals surface area contributed by atoms with Crippen LogP contribution in [0, 0.1) is 19.3 Å². The van der Waals surface area contributed by atoms with Gasteiger partial charge in [0.25, 0.3) is 5.91 Å². The van der Waals surface area contributed by atoms with E-state index in [2.05, 4.69) is 21.3 Å². The number of amides is 1. The lowest BCUT2D eigenvalue weighted by Gasteiger charge is -2.18. The maximum atomic E-state index is 13.7. The van der Waals surface area contributed by atoms with Gasteiger partial charge in [0.15, 0.2) is 5.65 Å². The Morgan fingerprint density at radius 3 is 2.71 bits per heavy atom. The Bertz CT molecular complexity index is 1660. The van der Waals surface area contributed by atoms with Crippen molar-refractivity contribution in [1.82, 2.24) is 19.9 Å². The number of hydrogen-bond acceptors (Lipinski definition) is 5. The zero-order valence-electron chi connectivity index (χ0n) is 18.6. The number of carbonyl (C=O) groups excluding carboxylic acids is 1. The molecule has 34 heavy (non-hydrogen) atoms.